The number of pyridine rings is 1. The number of nitrogens with zero attached hydrogens (tertiary/aromatic N) is 1. The quantitative estimate of drug-likeness (QED) is 0.871. The number of hydrogen-bond donors (Lipinski definition) is 1. The number of rotatable bonds is 6. The van der Waals surface area contributed by atoms with Gasteiger partial charge in [-0.1, -0.05) is 25.5 Å². The van der Waals surface area contributed by atoms with Crippen LogP contribution in [0.25, 0.3) is 0 Å². The van der Waals surface area contributed by atoms with Gasteiger partial charge in [-0.05, 0) is 56.0 Å². The molecule has 0 saturated carbocycles. The van der Waals surface area contributed by atoms with Gasteiger partial charge in [0.15, 0.2) is 0 Å². The maximum absolute atomic E-state index is 5.86. The Balaban J connectivity index is 2.08. The number of aryl methyl sites for hydroxylation is 2. The summed E-state index contributed by atoms with van der Waals surface area (Å²) in [7, 11) is 0. The van der Waals surface area contributed by atoms with Gasteiger partial charge >= 0.3 is 0 Å². The summed E-state index contributed by atoms with van der Waals surface area (Å²) in [5, 5.41) is 0. The van der Waals surface area contributed by atoms with Crippen molar-refractivity contribution in [2.24, 2.45) is 5.73 Å². The molecule has 1 unspecified atom stereocenters. The molecule has 0 radical (unpaired) electrons. The third-order valence-electron chi connectivity index (χ3n) is 3.32. The molecule has 1 atom stereocenters. The largest absolute Gasteiger partial charge is 0.439 e. The zero-order chi connectivity index (χ0) is 15.2. The Morgan fingerprint density at radius 1 is 1.19 bits per heavy atom. The Morgan fingerprint density at radius 2 is 1.90 bits per heavy atom. The maximum Gasteiger partial charge on any atom is 0.222 e. The summed E-state index contributed by atoms with van der Waals surface area (Å²) in [5.74, 6) is 1.48. The zero-order valence-corrected chi connectivity index (χ0v) is 13.1. The number of nitrogens with two attached hydrogens (primary N) is 1. The minimum atomic E-state index is 0.143. The van der Waals surface area contributed by atoms with Crippen LogP contribution < -0.4 is 10.5 Å². The summed E-state index contributed by atoms with van der Waals surface area (Å²) in [6.45, 7) is 6.19. The average Bonchev–Trinajstić information content (AvgIpc) is 2.43. The van der Waals surface area contributed by atoms with Gasteiger partial charge in [-0.25, -0.2) is 4.98 Å². The smallest absolute Gasteiger partial charge is 0.222 e. The van der Waals surface area contributed by atoms with E-state index in [1.54, 1.807) is 0 Å². The molecule has 2 N–H and O–H groups in total. The van der Waals surface area contributed by atoms with E-state index >= 15 is 0 Å². The molecule has 1 heterocycles. The predicted octanol–water partition coefficient (Wildman–Crippen LogP) is 4.02. The summed E-state index contributed by atoms with van der Waals surface area (Å²) in [6.07, 6.45) is 4.93. The maximum atomic E-state index is 5.86. The van der Waals surface area contributed by atoms with Crippen LogP contribution in [0.4, 0.5) is 0 Å². The molecule has 0 aliphatic heterocycles. The fourth-order valence-electron chi connectivity index (χ4n) is 2.34. The van der Waals surface area contributed by atoms with Gasteiger partial charge in [-0.15, -0.1) is 0 Å². The molecule has 0 fully saturated rings. The molecule has 2 rings (SSSR count). The van der Waals surface area contributed by atoms with Gasteiger partial charge in [-0.3, -0.25) is 0 Å². The monoisotopic (exact) mass is 284 g/mol. The van der Waals surface area contributed by atoms with Gasteiger partial charge in [0, 0.05) is 17.8 Å². The molecule has 0 aliphatic rings. The van der Waals surface area contributed by atoms with Crippen LogP contribution in [0.3, 0.4) is 0 Å². The minimum absolute atomic E-state index is 0.143. The van der Waals surface area contributed by atoms with Crippen LogP contribution >= 0.6 is 0 Å². The molecule has 3 nitrogen and oxygen atoms in total. The number of hydrogen-bond acceptors (Lipinski definition) is 3. The Hall–Kier alpha value is -1.87. The third-order valence-corrected chi connectivity index (χ3v) is 3.32. The number of aromatic nitrogens is 1. The summed E-state index contributed by atoms with van der Waals surface area (Å²) in [4.78, 5) is 4.41. The van der Waals surface area contributed by atoms with Crippen molar-refractivity contribution in [3.05, 3.63) is 53.2 Å². The first-order valence-electron chi connectivity index (χ1n) is 7.56. The van der Waals surface area contributed by atoms with Crippen molar-refractivity contribution >= 4 is 0 Å². The predicted molar refractivity (Wildman–Crippen MR) is 86.8 cm³/mol. The minimum Gasteiger partial charge on any atom is -0.439 e. The Labute approximate surface area is 127 Å². The van der Waals surface area contributed by atoms with Gasteiger partial charge in [0.25, 0.3) is 0 Å². The van der Waals surface area contributed by atoms with Gasteiger partial charge in [0.2, 0.25) is 5.88 Å². The first-order chi connectivity index (χ1) is 10.1. The van der Waals surface area contributed by atoms with E-state index in [0.717, 1.165) is 36.1 Å². The standard InChI is InChI=1S/C18H24N2O/c1-4-5-15-6-8-17(9-7-15)21-18-13(2)10-16(12-20-18)11-14(3)19/h6-10,12,14H,4-5,11,19H2,1-3H3. The summed E-state index contributed by atoms with van der Waals surface area (Å²) in [5.41, 5.74) is 9.33. The topological polar surface area (TPSA) is 48.1 Å². The van der Waals surface area contributed by atoms with Crippen molar-refractivity contribution in [3.8, 4) is 11.6 Å². The van der Waals surface area contributed by atoms with E-state index in [0.29, 0.717) is 5.88 Å². The zero-order valence-electron chi connectivity index (χ0n) is 13.1. The molecule has 1 aromatic heterocycles. The van der Waals surface area contributed by atoms with Crippen LogP contribution in [0.15, 0.2) is 36.5 Å². The molecule has 3 heteroatoms. The van der Waals surface area contributed by atoms with Crippen LogP contribution in [0.5, 0.6) is 11.6 Å². The second kappa shape index (κ2) is 7.23. The lowest BCUT2D eigenvalue weighted by Crippen LogP contribution is -2.17. The Kier molecular flexibility index (Phi) is 5.34. The van der Waals surface area contributed by atoms with Crippen molar-refractivity contribution in [1.82, 2.24) is 4.98 Å². The van der Waals surface area contributed by atoms with E-state index < -0.39 is 0 Å². The molecular weight excluding hydrogens is 260 g/mol. The molecule has 0 amide bonds. The van der Waals surface area contributed by atoms with E-state index in [-0.39, 0.29) is 6.04 Å². The fraction of sp³-hybridized carbons (Fsp3) is 0.389. The molecule has 2 aromatic rings. The van der Waals surface area contributed by atoms with Crippen LogP contribution in [-0.4, -0.2) is 11.0 Å². The van der Waals surface area contributed by atoms with Crippen molar-refractivity contribution < 1.29 is 4.74 Å². The van der Waals surface area contributed by atoms with Crippen molar-refractivity contribution in [3.63, 3.8) is 0 Å². The highest BCUT2D eigenvalue weighted by Crippen LogP contribution is 2.24. The molecule has 0 bridgehead atoms. The van der Waals surface area contributed by atoms with Gasteiger partial charge < -0.3 is 10.5 Å². The first kappa shape index (κ1) is 15.5. The SMILES string of the molecule is CCCc1ccc(Oc2ncc(CC(C)N)cc2C)cc1. The number of benzene rings is 1. The fourth-order valence-corrected chi connectivity index (χ4v) is 2.34. The van der Waals surface area contributed by atoms with Crippen molar-refractivity contribution in [2.75, 3.05) is 0 Å². The summed E-state index contributed by atoms with van der Waals surface area (Å²) < 4.78 is 5.86. The highest BCUT2D eigenvalue weighted by molar-refractivity contribution is 5.35. The molecule has 0 spiro atoms. The van der Waals surface area contributed by atoms with E-state index in [9.17, 15) is 0 Å². The summed E-state index contributed by atoms with van der Waals surface area (Å²) in [6, 6.07) is 10.5. The molecule has 1 aromatic carbocycles. The van der Waals surface area contributed by atoms with Gasteiger partial charge in [0.1, 0.15) is 5.75 Å². The lowest BCUT2D eigenvalue weighted by Gasteiger charge is -2.11. The average molecular weight is 284 g/mol. The molecule has 0 aliphatic carbocycles. The van der Waals surface area contributed by atoms with E-state index in [1.807, 2.05) is 32.2 Å². The van der Waals surface area contributed by atoms with E-state index in [2.05, 4.69) is 30.1 Å². The molecule has 112 valence electrons. The lowest BCUT2D eigenvalue weighted by atomic mass is 10.1. The highest BCUT2D eigenvalue weighted by atomic mass is 16.5. The van der Waals surface area contributed by atoms with Crippen molar-refractivity contribution in [2.45, 2.75) is 46.1 Å². The Bertz CT molecular complexity index is 576. The van der Waals surface area contributed by atoms with Gasteiger partial charge in [-0.2, -0.15) is 0 Å². The Morgan fingerprint density at radius 3 is 2.48 bits per heavy atom. The third kappa shape index (κ3) is 4.57. The molecular formula is C18H24N2O. The highest BCUT2D eigenvalue weighted by Gasteiger charge is 2.06. The van der Waals surface area contributed by atoms with Crippen LogP contribution in [0, 0.1) is 6.92 Å². The van der Waals surface area contributed by atoms with Crippen LogP contribution in [0.1, 0.15) is 37.0 Å². The lowest BCUT2D eigenvalue weighted by molar-refractivity contribution is 0.458. The second-order valence-electron chi connectivity index (χ2n) is 5.64. The van der Waals surface area contributed by atoms with Crippen LogP contribution in [-0.2, 0) is 12.8 Å². The number of ether oxygens (including phenoxy) is 1. The van der Waals surface area contributed by atoms with Crippen molar-refractivity contribution in [1.29, 1.82) is 0 Å². The van der Waals surface area contributed by atoms with E-state index in [4.69, 9.17) is 10.5 Å². The second-order valence-corrected chi connectivity index (χ2v) is 5.64. The normalized spacial score (nSPS) is 12.2. The molecule has 21 heavy (non-hydrogen) atoms. The van der Waals surface area contributed by atoms with Gasteiger partial charge in [0.05, 0.1) is 0 Å². The first-order valence-corrected chi connectivity index (χ1v) is 7.56. The molecule has 0 saturated heterocycles. The summed E-state index contributed by atoms with van der Waals surface area (Å²) >= 11 is 0. The van der Waals surface area contributed by atoms with E-state index in [1.165, 1.54) is 5.56 Å². The van der Waals surface area contributed by atoms with Crippen LogP contribution in [0.2, 0.25) is 0 Å².